The average Bonchev–Trinajstić information content (AvgIpc) is 3.17. The topological polar surface area (TPSA) is 56.5 Å². The van der Waals surface area contributed by atoms with Crippen molar-refractivity contribution in [2.75, 3.05) is 0 Å². The third-order valence-corrected chi connectivity index (χ3v) is 5.80. The summed E-state index contributed by atoms with van der Waals surface area (Å²) < 4.78 is 8.76. The fourth-order valence-electron chi connectivity index (χ4n) is 3.29. The van der Waals surface area contributed by atoms with E-state index in [2.05, 4.69) is 11.1 Å². The SMILES string of the molecule is Cc1cccn2c(=O)cc(COc3ccccc3-c3nc4ccccc4s3)nc12. The molecule has 5 nitrogen and oxygen atoms in total. The van der Waals surface area contributed by atoms with E-state index in [1.165, 1.54) is 6.07 Å². The Balaban J connectivity index is 1.48. The van der Waals surface area contributed by atoms with Crippen LogP contribution >= 0.6 is 11.3 Å². The van der Waals surface area contributed by atoms with Crippen LogP contribution in [0.1, 0.15) is 11.3 Å². The van der Waals surface area contributed by atoms with Crippen molar-refractivity contribution in [3.8, 4) is 16.3 Å². The number of benzene rings is 2. The summed E-state index contributed by atoms with van der Waals surface area (Å²) in [6.45, 7) is 2.15. The highest BCUT2D eigenvalue weighted by molar-refractivity contribution is 7.21. The number of hydrogen-bond acceptors (Lipinski definition) is 5. The number of rotatable bonds is 4. The van der Waals surface area contributed by atoms with Crippen molar-refractivity contribution >= 4 is 27.2 Å². The van der Waals surface area contributed by atoms with E-state index in [0.717, 1.165) is 32.1 Å². The summed E-state index contributed by atoms with van der Waals surface area (Å²) in [5.74, 6) is 0.721. The molecule has 2 aromatic carbocycles. The number of aryl methyl sites for hydroxylation is 1. The molecule has 0 spiro atoms. The van der Waals surface area contributed by atoms with Crippen LogP contribution in [0.25, 0.3) is 26.4 Å². The molecule has 6 heteroatoms. The zero-order valence-electron chi connectivity index (χ0n) is 15.7. The van der Waals surface area contributed by atoms with Crippen LogP contribution in [0.5, 0.6) is 5.75 Å². The Kier molecular flexibility index (Phi) is 4.33. The number of aromatic nitrogens is 3. The van der Waals surface area contributed by atoms with E-state index < -0.39 is 0 Å². The van der Waals surface area contributed by atoms with Gasteiger partial charge in [-0.1, -0.05) is 30.3 Å². The normalized spacial score (nSPS) is 11.2. The molecule has 0 fully saturated rings. The summed E-state index contributed by atoms with van der Waals surface area (Å²) in [6.07, 6.45) is 1.73. The van der Waals surface area contributed by atoms with Crippen molar-refractivity contribution in [1.29, 1.82) is 0 Å². The smallest absolute Gasteiger partial charge is 0.258 e. The van der Waals surface area contributed by atoms with Crippen molar-refractivity contribution in [2.24, 2.45) is 0 Å². The number of thiazole rings is 1. The quantitative estimate of drug-likeness (QED) is 0.433. The second-order valence-electron chi connectivity index (χ2n) is 6.74. The monoisotopic (exact) mass is 399 g/mol. The highest BCUT2D eigenvalue weighted by atomic mass is 32.1. The molecule has 0 saturated carbocycles. The summed E-state index contributed by atoms with van der Waals surface area (Å²) in [5, 5.41) is 0.907. The predicted molar refractivity (Wildman–Crippen MR) is 116 cm³/mol. The van der Waals surface area contributed by atoms with Crippen LogP contribution in [-0.2, 0) is 6.61 Å². The molecular weight excluding hydrogens is 382 g/mol. The zero-order valence-corrected chi connectivity index (χ0v) is 16.5. The Hall–Kier alpha value is -3.51. The van der Waals surface area contributed by atoms with Crippen LogP contribution < -0.4 is 10.3 Å². The van der Waals surface area contributed by atoms with E-state index in [4.69, 9.17) is 9.72 Å². The molecule has 0 amide bonds. The van der Waals surface area contributed by atoms with Crippen molar-refractivity contribution in [3.05, 3.63) is 94.5 Å². The first-order chi connectivity index (χ1) is 14.2. The van der Waals surface area contributed by atoms with Gasteiger partial charge in [-0.15, -0.1) is 11.3 Å². The molecule has 142 valence electrons. The van der Waals surface area contributed by atoms with Crippen molar-refractivity contribution in [3.63, 3.8) is 0 Å². The molecule has 0 atom stereocenters. The lowest BCUT2D eigenvalue weighted by Crippen LogP contribution is -2.17. The van der Waals surface area contributed by atoms with E-state index in [1.807, 2.05) is 61.5 Å². The molecular formula is C23H17N3O2S. The lowest BCUT2D eigenvalue weighted by atomic mass is 10.2. The molecule has 3 aromatic heterocycles. The highest BCUT2D eigenvalue weighted by Gasteiger charge is 2.12. The Morgan fingerprint density at radius 3 is 2.72 bits per heavy atom. The molecule has 5 rings (SSSR count). The fourth-order valence-corrected chi connectivity index (χ4v) is 4.29. The molecule has 0 aliphatic rings. The van der Waals surface area contributed by atoms with E-state index in [1.54, 1.807) is 21.9 Å². The van der Waals surface area contributed by atoms with Gasteiger partial charge in [-0.05, 0) is 42.8 Å². The van der Waals surface area contributed by atoms with Gasteiger partial charge in [0, 0.05) is 12.3 Å². The molecule has 29 heavy (non-hydrogen) atoms. The third-order valence-electron chi connectivity index (χ3n) is 4.73. The lowest BCUT2D eigenvalue weighted by Gasteiger charge is -2.10. The lowest BCUT2D eigenvalue weighted by molar-refractivity contribution is 0.302. The minimum atomic E-state index is -0.114. The van der Waals surface area contributed by atoms with E-state index >= 15 is 0 Å². The molecule has 5 aromatic rings. The maximum absolute atomic E-state index is 12.4. The van der Waals surface area contributed by atoms with Gasteiger partial charge < -0.3 is 4.74 Å². The van der Waals surface area contributed by atoms with E-state index in [-0.39, 0.29) is 12.2 Å². The minimum absolute atomic E-state index is 0.114. The van der Waals surface area contributed by atoms with Crippen molar-refractivity contribution in [1.82, 2.24) is 14.4 Å². The van der Waals surface area contributed by atoms with Gasteiger partial charge in [0.15, 0.2) is 0 Å². The summed E-state index contributed by atoms with van der Waals surface area (Å²) in [5.41, 5.74) is 3.99. The molecule has 3 heterocycles. The molecule has 0 aliphatic carbocycles. The van der Waals surface area contributed by atoms with Crippen LogP contribution in [0, 0.1) is 6.92 Å². The first kappa shape index (κ1) is 17.6. The van der Waals surface area contributed by atoms with E-state index in [9.17, 15) is 4.79 Å². The summed E-state index contributed by atoms with van der Waals surface area (Å²) >= 11 is 1.63. The van der Waals surface area contributed by atoms with Gasteiger partial charge in [-0.25, -0.2) is 9.97 Å². The Morgan fingerprint density at radius 1 is 1.00 bits per heavy atom. The number of hydrogen-bond donors (Lipinski definition) is 0. The molecule has 0 saturated heterocycles. The fraction of sp³-hybridized carbons (Fsp3) is 0.0870. The first-order valence-electron chi connectivity index (χ1n) is 9.25. The second kappa shape index (κ2) is 7.14. The Labute approximate surface area is 170 Å². The molecule has 0 unspecified atom stereocenters. The van der Waals surface area contributed by atoms with Crippen LogP contribution in [0.3, 0.4) is 0 Å². The van der Waals surface area contributed by atoms with Crippen LogP contribution in [0.15, 0.2) is 77.7 Å². The van der Waals surface area contributed by atoms with Gasteiger partial charge in [-0.3, -0.25) is 9.20 Å². The van der Waals surface area contributed by atoms with Gasteiger partial charge >= 0.3 is 0 Å². The van der Waals surface area contributed by atoms with Crippen molar-refractivity contribution in [2.45, 2.75) is 13.5 Å². The largest absolute Gasteiger partial charge is 0.487 e. The number of ether oxygens (including phenoxy) is 1. The van der Waals surface area contributed by atoms with Gasteiger partial charge in [0.2, 0.25) is 0 Å². The molecule has 0 radical (unpaired) electrons. The average molecular weight is 399 g/mol. The third kappa shape index (κ3) is 3.28. The van der Waals surface area contributed by atoms with Crippen LogP contribution in [-0.4, -0.2) is 14.4 Å². The van der Waals surface area contributed by atoms with Crippen molar-refractivity contribution < 1.29 is 4.74 Å². The van der Waals surface area contributed by atoms with Gasteiger partial charge in [-0.2, -0.15) is 0 Å². The maximum Gasteiger partial charge on any atom is 0.258 e. The predicted octanol–water partition coefficient (Wildman–Crippen LogP) is 4.86. The van der Waals surface area contributed by atoms with Crippen LogP contribution in [0.2, 0.25) is 0 Å². The highest BCUT2D eigenvalue weighted by Crippen LogP contribution is 2.35. The molecule has 0 bridgehead atoms. The molecule has 0 N–H and O–H groups in total. The van der Waals surface area contributed by atoms with Gasteiger partial charge in [0.05, 0.1) is 21.5 Å². The number of nitrogens with zero attached hydrogens (tertiary/aromatic N) is 3. The summed E-state index contributed by atoms with van der Waals surface area (Å²) in [4.78, 5) is 21.8. The second-order valence-corrected chi connectivity index (χ2v) is 7.77. The maximum atomic E-state index is 12.4. The minimum Gasteiger partial charge on any atom is -0.487 e. The summed E-state index contributed by atoms with van der Waals surface area (Å²) in [6, 6.07) is 21.2. The summed E-state index contributed by atoms with van der Waals surface area (Å²) in [7, 11) is 0. The van der Waals surface area contributed by atoms with Gasteiger partial charge in [0.1, 0.15) is 23.0 Å². The zero-order chi connectivity index (χ0) is 19.8. The standard InChI is InChI=1S/C23H17N3O2S/c1-15-7-6-12-26-21(27)13-16(24-22(15)26)14-28-19-10-4-2-8-17(19)23-25-18-9-3-5-11-20(18)29-23/h2-13H,14H2,1H3. The van der Waals surface area contributed by atoms with Gasteiger partial charge in [0.25, 0.3) is 5.56 Å². The Morgan fingerprint density at radius 2 is 1.83 bits per heavy atom. The first-order valence-corrected chi connectivity index (χ1v) is 10.1. The van der Waals surface area contributed by atoms with E-state index in [0.29, 0.717) is 11.3 Å². The molecule has 0 aliphatic heterocycles. The Bertz CT molecular complexity index is 1370. The number of fused-ring (bicyclic) bond motifs is 2. The van der Waals surface area contributed by atoms with Crippen LogP contribution in [0.4, 0.5) is 0 Å². The number of para-hydroxylation sites is 2. The number of pyridine rings is 1.